The number of benzene rings is 1. The molecule has 0 amide bonds. The van der Waals surface area contributed by atoms with Crippen molar-refractivity contribution in [1.29, 1.82) is 0 Å². The minimum Gasteiger partial charge on any atom is -0.490 e. The third kappa shape index (κ3) is 1.73. The van der Waals surface area contributed by atoms with Crippen molar-refractivity contribution in [2.45, 2.75) is 32.4 Å². The van der Waals surface area contributed by atoms with Crippen LogP contribution in [-0.2, 0) is 6.42 Å². The van der Waals surface area contributed by atoms with Gasteiger partial charge in [-0.05, 0) is 30.5 Å². The molecule has 0 spiro atoms. The summed E-state index contributed by atoms with van der Waals surface area (Å²) in [6, 6.07) is 4.10. The zero-order valence-corrected chi connectivity index (χ0v) is 9.29. The van der Waals surface area contributed by atoms with Gasteiger partial charge in [0.15, 0.2) is 0 Å². The molecule has 0 saturated carbocycles. The number of nitrogens with two attached hydrogens (primary N) is 2. The Morgan fingerprint density at radius 2 is 2.27 bits per heavy atom. The lowest BCUT2D eigenvalue weighted by molar-refractivity contribution is 0.253. The van der Waals surface area contributed by atoms with Crippen molar-refractivity contribution in [1.82, 2.24) is 0 Å². The highest BCUT2D eigenvalue weighted by molar-refractivity contribution is 5.49. The van der Waals surface area contributed by atoms with Gasteiger partial charge in [-0.2, -0.15) is 0 Å². The third-order valence-corrected chi connectivity index (χ3v) is 3.01. The van der Waals surface area contributed by atoms with Gasteiger partial charge in [-0.1, -0.05) is 12.1 Å². The fourth-order valence-electron chi connectivity index (χ4n) is 2.17. The molecule has 3 nitrogen and oxygen atoms in total. The molecule has 3 heteroatoms. The fourth-order valence-corrected chi connectivity index (χ4v) is 2.17. The molecule has 0 saturated heterocycles. The van der Waals surface area contributed by atoms with E-state index in [2.05, 4.69) is 26.0 Å². The zero-order valence-electron chi connectivity index (χ0n) is 9.29. The topological polar surface area (TPSA) is 61.3 Å². The molecule has 15 heavy (non-hydrogen) atoms. The van der Waals surface area contributed by atoms with Crippen LogP contribution in [0.25, 0.3) is 0 Å². The van der Waals surface area contributed by atoms with E-state index < -0.39 is 0 Å². The summed E-state index contributed by atoms with van der Waals surface area (Å²) in [5.41, 5.74) is 15.1. The highest BCUT2D eigenvalue weighted by Crippen LogP contribution is 2.35. The Morgan fingerprint density at radius 3 is 2.93 bits per heavy atom. The molecule has 2 rings (SSSR count). The molecule has 1 aromatic carbocycles. The Kier molecular flexibility index (Phi) is 2.67. The van der Waals surface area contributed by atoms with Gasteiger partial charge >= 0.3 is 0 Å². The van der Waals surface area contributed by atoms with Crippen molar-refractivity contribution >= 4 is 0 Å². The first-order valence-electron chi connectivity index (χ1n) is 5.38. The average molecular weight is 206 g/mol. The number of rotatable bonds is 2. The summed E-state index contributed by atoms with van der Waals surface area (Å²) in [5.74, 6) is 1.02. The summed E-state index contributed by atoms with van der Waals surface area (Å²) in [7, 11) is 0. The molecule has 1 aromatic rings. The van der Waals surface area contributed by atoms with Crippen LogP contribution in [0.3, 0.4) is 0 Å². The van der Waals surface area contributed by atoms with E-state index in [4.69, 9.17) is 16.2 Å². The molecule has 1 aliphatic rings. The largest absolute Gasteiger partial charge is 0.490 e. The first kappa shape index (κ1) is 10.5. The second kappa shape index (κ2) is 3.83. The first-order valence-corrected chi connectivity index (χ1v) is 5.38. The van der Waals surface area contributed by atoms with Gasteiger partial charge < -0.3 is 16.2 Å². The molecule has 0 bridgehead atoms. The van der Waals surface area contributed by atoms with Crippen molar-refractivity contribution in [3.63, 3.8) is 0 Å². The van der Waals surface area contributed by atoms with E-state index >= 15 is 0 Å². The zero-order chi connectivity index (χ0) is 11.0. The molecule has 4 N–H and O–H groups in total. The molecule has 82 valence electrons. The van der Waals surface area contributed by atoms with Crippen LogP contribution in [0.1, 0.15) is 29.7 Å². The Labute approximate surface area is 90.4 Å². The maximum absolute atomic E-state index is 5.94. The van der Waals surface area contributed by atoms with E-state index in [-0.39, 0.29) is 12.1 Å². The highest BCUT2D eigenvalue weighted by Gasteiger charge is 2.23. The summed E-state index contributed by atoms with van der Waals surface area (Å²) in [5, 5.41) is 0. The predicted octanol–water partition coefficient (Wildman–Crippen LogP) is 1.28. The van der Waals surface area contributed by atoms with Crippen LogP contribution in [-0.4, -0.2) is 12.6 Å². The molecule has 0 aromatic heterocycles. The van der Waals surface area contributed by atoms with E-state index in [1.54, 1.807) is 0 Å². The fraction of sp³-hybridized carbons (Fsp3) is 0.500. The van der Waals surface area contributed by atoms with E-state index in [1.807, 2.05) is 0 Å². The smallest absolute Gasteiger partial charge is 0.126 e. The van der Waals surface area contributed by atoms with Crippen molar-refractivity contribution in [3.05, 3.63) is 28.8 Å². The Hall–Kier alpha value is -1.06. The SMILES string of the molecule is Cc1c(C(N)CN)ccc2c1OC(C)C2. The number of hydrogen-bond donors (Lipinski definition) is 2. The Bertz CT molecular complexity index is 376. The van der Waals surface area contributed by atoms with Crippen LogP contribution in [0.15, 0.2) is 12.1 Å². The lowest BCUT2D eigenvalue weighted by Crippen LogP contribution is -2.21. The molecule has 0 radical (unpaired) electrons. The monoisotopic (exact) mass is 206 g/mol. The number of fused-ring (bicyclic) bond motifs is 1. The van der Waals surface area contributed by atoms with Gasteiger partial charge in [0.05, 0.1) is 0 Å². The Balaban J connectivity index is 2.42. The van der Waals surface area contributed by atoms with E-state index in [0.29, 0.717) is 6.54 Å². The van der Waals surface area contributed by atoms with E-state index in [9.17, 15) is 0 Å². The van der Waals surface area contributed by atoms with Gasteiger partial charge in [-0.25, -0.2) is 0 Å². The summed E-state index contributed by atoms with van der Waals surface area (Å²) in [6.45, 7) is 4.61. The summed E-state index contributed by atoms with van der Waals surface area (Å²) in [4.78, 5) is 0. The minimum atomic E-state index is -0.0881. The van der Waals surface area contributed by atoms with Crippen LogP contribution in [0.2, 0.25) is 0 Å². The Morgan fingerprint density at radius 1 is 1.53 bits per heavy atom. The van der Waals surface area contributed by atoms with Crippen molar-refractivity contribution in [2.24, 2.45) is 11.5 Å². The molecule has 0 fully saturated rings. The quantitative estimate of drug-likeness (QED) is 0.766. The van der Waals surface area contributed by atoms with Crippen molar-refractivity contribution in [3.8, 4) is 5.75 Å². The number of hydrogen-bond acceptors (Lipinski definition) is 3. The van der Waals surface area contributed by atoms with Crippen LogP contribution in [0.4, 0.5) is 0 Å². The summed E-state index contributed by atoms with van der Waals surface area (Å²) in [6.07, 6.45) is 1.27. The van der Waals surface area contributed by atoms with E-state index in [0.717, 1.165) is 23.3 Å². The molecule has 2 unspecified atom stereocenters. The molecular formula is C12H18N2O. The van der Waals surface area contributed by atoms with Gasteiger partial charge in [-0.15, -0.1) is 0 Å². The third-order valence-electron chi connectivity index (χ3n) is 3.01. The standard InChI is InChI=1S/C12H18N2O/c1-7-5-9-3-4-10(11(14)6-13)8(2)12(9)15-7/h3-4,7,11H,5-6,13-14H2,1-2H3. The molecule has 1 aliphatic heterocycles. The van der Waals surface area contributed by atoms with E-state index in [1.165, 1.54) is 5.56 Å². The van der Waals surface area contributed by atoms with Gasteiger partial charge in [-0.3, -0.25) is 0 Å². The maximum atomic E-state index is 5.94. The summed E-state index contributed by atoms with van der Waals surface area (Å²) < 4.78 is 5.78. The van der Waals surface area contributed by atoms with Crippen LogP contribution in [0.5, 0.6) is 5.75 Å². The van der Waals surface area contributed by atoms with Crippen molar-refractivity contribution in [2.75, 3.05) is 6.54 Å². The predicted molar refractivity (Wildman–Crippen MR) is 61.0 cm³/mol. The van der Waals surface area contributed by atoms with Gasteiger partial charge in [0.1, 0.15) is 11.9 Å². The molecular weight excluding hydrogens is 188 g/mol. The van der Waals surface area contributed by atoms with Crippen LogP contribution >= 0.6 is 0 Å². The second-order valence-electron chi connectivity index (χ2n) is 4.24. The lowest BCUT2D eigenvalue weighted by atomic mass is 9.97. The first-order chi connectivity index (χ1) is 7.13. The second-order valence-corrected chi connectivity index (χ2v) is 4.24. The summed E-state index contributed by atoms with van der Waals surface area (Å²) >= 11 is 0. The lowest BCUT2D eigenvalue weighted by Gasteiger charge is -2.15. The van der Waals surface area contributed by atoms with Gasteiger partial charge in [0, 0.05) is 19.0 Å². The average Bonchev–Trinajstić information content (AvgIpc) is 2.59. The normalized spacial score (nSPS) is 20.9. The molecule has 0 aliphatic carbocycles. The van der Waals surface area contributed by atoms with Crippen LogP contribution in [0, 0.1) is 6.92 Å². The van der Waals surface area contributed by atoms with Gasteiger partial charge in [0.2, 0.25) is 0 Å². The maximum Gasteiger partial charge on any atom is 0.126 e. The minimum absolute atomic E-state index is 0.0881. The van der Waals surface area contributed by atoms with Gasteiger partial charge in [0.25, 0.3) is 0 Å². The highest BCUT2D eigenvalue weighted by atomic mass is 16.5. The van der Waals surface area contributed by atoms with Crippen LogP contribution < -0.4 is 16.2 Å². The number of ether oxygens (including phenoxy) is 1. The molecule has 1 heterocycles. The molecule has 2 atom stereocenters. The van der Waals surface area contributed by atoms with Crippen molar-refractivity contribution < 1.29 is 4.74 Å².